The highest BCUT2D eigenvalue weighted by atomic mass is 32.1. The highest BCUT2D eigenvalue weighted by Gasteiger charge is 2.16. The number of anilines is 1. The zero-order chi connectivity index (χ0) is 22.0. The summed E-state index contributed by atoms with van der Waals surface area (Å²) >= 11 is 0.992. The van der Waals surface area contributed by atoms with Crippen molar-refractivity contribution in [1.82, 2.24) is 13.9 Å². The van der Waals surface area contributed by atoms with E-state index in [0.717, 1.165) is 11.5 Å². The average Bonchev–Trinajstić information content (AvgIpc) is 3.21. The van der Waals surface area contributed by atoms with Gasteiger partial charge >= 0.3 is 0 Å². The molecule has 0 saturated carbocycles. The molecule has 0 aliphatic heterocycles. The molecule has 10 heteroatoms. The predicted molar refractivity (Wildman–Crippen MR) is 115 cm³/mol. The first-order valence-electron chi connectivity index (χ1n) is 9.13. The predicted octanol–water partition coefficient (Wildman–Crippen LogP) is 3.32. The number of hydrogen-bond acceptors (Lipinski definition) is 7. The van der Waals surface area contributed by atoms with Crippen molar-refractivity contribution in [3.05, 3.63) is 65.0 Å². The molecule has 0 aliphatic rings. The number of carbonyl (C=O) groups excluding carboxylic acids is 1. The number of halogens is 1. The molecular formula is C21H17FN4O4S. The second-order valence-electron chi connectivity index (χ2n) is 6.51. The van der Waals surface area contributed by atoms with Gasteiger partial charge in [-0.1, -0.05) is 0 Å². The van der Waals surface area contributed by atoms with Gasteiger partial charge in [-0.2, -0.15) is 4.37 Å². The van der Waals surface area contributed by atoms with E-state index in [1.165, 1.54) is 37.2 Å². The molecular weight excluding hydrogens is 423 g/mol. The van der Waals surface area contributed by atoms with Gasteiger partial charge in [0.2, 0.25) is 5.91 Å². The molecule has 0 fully saturated rings. The number of ether oxygens (including phenoxy) is 2. The fraction of sp³-hybridized carbons (Fsp3) is 0.143. The monoisotopic (exact) mass is 440 g/mol. The van der Waals surface area contributed by atoms with E-state index in [-0.39, 0.29) is 17.9 Å². The molecule has 4 aromatic rings. The molecule has 1 N–H and O–H groups in total. The zero-order valence-corrected chi connectivity index (χ0v) is 17.4. The van der Waals surface area contributed by atoms with Gasteiger partial charge < -0.3 is 14.8 Å². The smallest absolute Gasteiger partial charge is 0.273 e. The fourth-order valence-corrected chi connectivity index (χ4v) is 3.84. The van der Waals surface area contributed by atoms with Gasteiger partial charge in [0, 0.05) is 17.3 Å². The van der Waals surface area contributed by atoms with E-state index in [2.05, 4.69) is 14.7 Å². The van der Waals surface area contributed by atoms with Crippen LogP contribution in [0.1, 0.15) is 0 Å². The molecule has 4 rings (SSSR count). The van der Waals surface area contributed by atoms with Gasteiger partial charge in [0.15, 0.2) is 11.5 Å². The Kier molecular flexibility index (Phi) is 5.63. The van der Waals surface area contributed by atoms with Gasteiger partial charge in [-0.3, -0.25) is 14.2 Å². The summed E-state index contributed by atoms with van der Waals surface area (Å²) in [5.74, 6) is 0.241. The van der Waals surface area contributed by atoms with Crippen molar-refractivity contribution in [1.29, 1.82) is 0 Å². The van der Waals surface area contributed by atoms with E-state index >= 15 is 0 Å². The van der Waals surface area contributed by atoms with E-state index < -0.39 is 5.91 Å². The standard InChI is InChI=1S/C21H17FN4O4S/c1-29-15-8-7-14(9-16(15)30-2)24-17(27)10-26-11-23-19-18(25-31-20(19)21(26)28)12-3-5-13(22)6-4-12/h3-9,11H,10H2,1-2H3,(H,24,27). The van der Waals surface area contributed by atoms with Crippen molar-refractivity contribution in [2.75, 3.05) is 19.5 Å². The van der Waals surface area contributed by atoms with E-state index in [1.54, 1.807) is 30.3 Å². The summed E-state index contributed by atoms with van der Waals surface area (Å²) in [5.41, 5.74) is 1.69. The van der Waals surface area contributed by atoms with Crippen LogP contribution in [-0.4, -0.2) is 34.1 Å². The number of nitrogens with zero attached hydrogens (tertiary/aromatic N) is 3. The third-order valence-corrected chi connectivity index (χ3v) is 5.37. The summed E-state index contributed by atoms with van der Waals surface area (Å²) in [5, 5.41) is 2.72. The number of nitrogens with one attached hydrogen (secondary N) is 1. The van der Waals surface area contributed by atoms with Gasteiger partial charge in [0.05, 0.1) is 20.5 Å². The number of hydrogen-bond donors (Lipinski definition) is 1. The molecule has 0 bridgehead atoms. The molecule has 2 aromatic carbocycles. The molecule has 1 amide bonds. The topological polar surface area (TPSA) is 95.3 Å². The lowest BCUT2D eigenvalue weighted by Gasteiger charge is -2.11. The SMILES string of the molecule is COc1ccc(NC(=O)Cn2cnc3c(-c4ccc(F)cc4)nsc3c2=O)cc1OC. The summed E-state index contributed by atoms with van der Waals surface area (Å²) in [6.45, 7) is -0.222. The van der Waals surface area contributed by atoms with Crippen LogP contribution >= 0.6 is 11.5 Å². The van der Waals surface area contributed by atoms with Gasteiger partial charge in [0.1, 0.15) is 28.3 Å². The van der Waals surface area contributed by atoms with Crippen LogP contribution in [0.2, 0.25) is 0 Å². The van der Waals surface area contributed by atoms with Crippen molar-refractivity contribution in [3.63, 3.8) is 0 Å². The van der Waals surface area contributed by atoms with Crippen molar-refractivity contribution in [2.24, 2.45) is 0 Å². The highest BCUT2D eigenvalue weighted by molar-refractivity contribution is 7.13. The van der Waals surface area contributed by atoms with Crippen LogP contribution in [-0.2, 0) is 11.3 Å². The van der Waals surface area contributed by atoms with Crippen LogP contribution in [0.25, 0.3) is 21.5 Å². The lowest BCUT2D eigenvalue weighted by molar-refractivity contribution is -0.116. The maximum atomic E-state index is 13.2. The van der Waals surface area contributed by atoms with Gasteiger partial charge in [-0.25, -0.2) is 9.37 Å². The van der Waals surface area contributed by atoms with Crippen LogP contribution in [0.3, 0.4) is 0 Å². The molecule has 2 heterocycles. The maximum absolute atomic E-state index is 13.2. The first kappa shape index (κ1) is 20.5. The Labute approximate surface area is 180 Å². The average molecular weight is 440 g/mol. The molecule has 0 radical (unpaired) electrons. The molecule has 2 aromatic heterocycles. The number of carbonyl (C=O) groups is 1. The number of amides is 1. The van der Waals surface area contributed by atoms with Crippen molar-refractivity contribution >= 4 is 33.3 Å². The van der Waals surface area contributed by atoms with Crippen molar-refractivity contribution in [2.45, 2.75) is 6.54 Å². The second kappa shape index (κ2) is 8.52. The Bertz CT molecular complexity index is 1320. The largest absolute Gasteiger partial charge is 0.493 e. The van der Waals surface area contributed by atoms with E-state index in [9.17, 15) is 14.0 Å². The van der Waals surface area contributed by atoms with Gasteiger partial charge in [0.25, 0.3) is 5.56 Å². The molecule has 0 unspecified atom stereocenters. The Morgan fingerprint density at radius 3 is 2.58 bits per heavy atom. The zero-order valence-electron chi connectivity index (χ0n) is 16.6. The number of benzene rings is 2. The lowest BCUT2D eigenvalue weighted by atomic mass is 10.1. The van der Waals surface area contributed by atoms with E-state index in [1.807, 2.05) is 0 Å². The fourth-order valence-electron chi connectivity index (χ4n) is 3.03. The maximum Gasteiger partial charge on any atom is 0.273 e. The Morgan fingerprint density at radius 2 is 1.87 bits per heavy atom. The summed E-state index contributed by atoms with van der Waals surface area (Å²) in [7, 11) is 3.02. The highest BCUT2D eigenvalue weighted by Crippen LogP contribution is 2.30. The first-order chi connectivity index (χ1) is 15.0. The first-order valence-corrected chi connectivity index (χ1v) is 9.90. The second-order valence-corrected chi connectivity index (χ2v) is 7.28. The lowest BCUT2D eigenvalue weighted by Crippen LogP contribution is -2.27. The molecule has 0 atom stereocenters. The normalized spacial score (nSPS) is 10.8. The van der Waals surface area contributed by atoms with Crippen LogP contribution in [0.5, 0.6) is 11.5 Å². The number of methoxy groups -OCH3 is 2. The third kappa shape index (κ3) is 4.10. The Hall–Kier alpha value is -3.79. The van der Waals surface area contributed by atoms with Crippen LogP contribution in [0.4, 0.5) is 10.1 Å². The quantitative estimate of drug-likeness (QED) is 0.494. The van der Waals surface area contributed by atoms with E-state index in [0.29, 0.717) is 38.7 Å². The van der Waals surface area contributed by atoms with Crippen molar-refractivity contribution in [3.8, 4) is 22.8 Å². The number of aromatic nitrogens is 3. The molecule has 0 spiro atoms. The third-order valence-electron chi connectivity index (χ3n) is 4.55. The van der Waals surface area contributed by atoms with Crippen LogP contribution < -0.4 is 20.3 Å². The summed E-state index contributed by atoms with van der Waals surface area (Å²) in [6.07, 6.45) is 1.31. The minimum absolute atomic E-state index is 0.222. The minimum Gasteiger partial charge on any atom is -0.493 e. The molecule has 0 saturated heterocycles. The molecule has 8 nitrogen and oxygen atoms in total. The summed E-state index contributed by atoms with van der Waals surface area (Å²) in [6, 6.07) is 10.8. The summed E-state index contributed by atoms with van der Waals surface area (Å²) in [4.78, 5) is 29.6. The van der Waals surface area contributed by atoms with Crippen molar-refractivity contribution < 1.29 is 18.7 Å². The van der Waals surface area contributed by atoms with Gasteiger partial charge in [-0.15, -0.1) is 0 Å². The van der Waals surface area contributed by atoms with Crippen LogP contribution in [0.15, 0.2) is 53.6 Å². The molecule has 31 heavy (non-hydrogen) atoms. The Balaban J connectivity index is 1.56. The molecule has 158 valence electrons. The number of rotatable bonds is 6. The minimum atomic E-state index is -0.404. The van der Waals surface area contributed by atoms with E-state index in [4.69, 9.17) is 9.47 Å². The van der Waals surface area contributed by atoms with Gasteiger partial charge in [-0.05, 0) is 47.9 Å². The summed E-state index contributed by atoms with van der Waals surface area (Å²) < 4.78 is 29.4. The molecule has 0 aliphatic carbocycles. The number of fused-ring (bicyclic) bond motifs is 1. The van der Waals surface area contributed by atoms with Crippen LogP contribution in [0, 0.1) is 5.82 Å². The Morgan fingerprint density at radius 1 is 1.13 bits per heavy atom.